The number of benzene rings is 2. The van der Waals surface area contributed by atoms with Gasteiger partial charge in [-0.15, -0.1) is 12.4 Å². The topological polar surface area (TPSA) is 89.6 Å². The lowest BCUT2D eigenvalue weighted by Crippen LogP contribution is -2.54. The van der Waals surface area contributed by atoms with Gasteiger partial charge in [0.2, 0.25) is 0 Å². The number of methoxy groups -OCH3 is 2. The van der Waals surface area contributed by atoms with Crippen molar-refractivity contribution in [1.29, 1.82) is 0 Å². The molecule has 42 heavy (non-hydrogen) atoms. The first-order valence-electron chi connectivity index (χ1n) is 14.7. The van der Waals surface area contributed by atoms with Crippen molar-refractivity contribution >= 4 is 24.4 Å². The molecule has 9 nitrogen and oxygen atoms in total. The third-order valence-electron chi connectivity index (χ3n) is 7.36. The number of ether oxygens (including phenoxy) is 4. The third-order valence-corrected chi connectivity index (χ3v) is 7.36. The third kappa shape index (κ3) is 10.4. The molecular weight excluding hydrogens is 558 g/mol. The van der Waals surface area contributed by atoms with E-state index < -0.39 is 0 Å². The van der Waals surface area contributed by atoms with Crippen molar-refractivity contribution in [2.75, 3.05) is 60.2 Å². The van der Waals surface area contributed by atoms with Crippen LogP contribution in [0.25, 0.3) is 0 Å². The smallest absolute Gasteiger partial charge is 0.409 e. The van der Waals surface area contributed by atoms with Crippen LogP contribution in [-0.2, 0) is 15.9 Å². The van der Waals surface area contributed by atoms with E-state index >= 15 is 0 Å². The van der Waals surface area contributed by atoms with Crippen molar-refractivity contribution in [3.05, 3.63) is 59.7 Å². The van der Waals surface area contributed by atoms with Gasteiger partial charge in [0.15, 0.2) is 11.5 Å². The van der Waals surface area contributed by atoms with Crippen LogP contribution in [0.1, 0.15) is 49.5 Å². The highest BCUT2D eigenvalue weighted by Crippen LogP contribution is 2.30. The number of likely N-dealkylation sites (N-methyl/N-ethyl adjacent to an activating group) is 1. The van der Waals surface area contributed by atoms with E-state index in [4.69, 9.17) is 18.9 Å². The number of hydrogen-bond donors (Lipinski definition) is 1. The first-order valence-corrected chi connectivity index (χ1v) is 14.7. The molecule has 1 fully saturated rings. The number of rotatable bonds is 15. The van der Waals surface area contributed by atoms with E-state index in [1.165, 1.54) is 5.56 Å². The van der Waals surface area contributed by atoms with Gasteiger partial charge in [-0.3, -0.25) is 4.79 Å². The Morgan fingerprint density at radius 3 is 2.45 bits per heavy atom. The second kappa shape index (κ2) is 18.5. The van der Waals surface area contributed by atoms with Gasteiger partial charge >= 0.3 is 6.09 Å². The maximum absolute atomic E-state index is 13.8. The molecule has 2 atom stereocenters. The van der Waals surface area contributed by atoms with E-state index in [1.807, 2.05) is 43.9 Å². The first-order chi connectivity index (χ1) is 19.9. The number of piperidine rings is 1. The number of hydrogen-bond acceptors (Lipinski definition) is 7. The Balaban J connectivity index is 0.00000616. The monoisotopic (exact) mass is 605 g/mol. The van der Waals surface area contributed by atoms with E-state index in [9.17, 15) is 9.59 Å². The quantitative estimate of drug-likeness (QED) is 0.284. The van der Waals surface area contributed by atoms with Gasteiger partial charge in [-0.1, -0.05) is 30.3 Å². The van der Waals surface area contributed by atoms with E-state index in [-0.39, 0.29) is 42.4 Å². The molecule has 2 aromatic carbocycles. The maximum atomic E-state index is 13.8. The van der Waals surface area contributed by atoms with Crippen molar-refractivity contribution < 1.29 is 28.5 Å². The number of carbonyl (C=O) groups excluding carboxylic acids is 2. The van der Waals surface area contributed by atoms with Crippen molar-refractivity contribution in [1.82, 2.24) is 15.1 Å². The van der Waals surface area contributed by atoms with Gasteiger partial charge in [-0.05, 0) is 57.4 Å². The molecule has 0 aliphatic carbocycles. The van der Waals surface area contributed by atoms with Gasteiger partial charge in [0.05, 0.1) is 20.3 Å². The van der Waals surface area contributed by atoms with E-state index in [2.05, 4.69) is 17.4 Å². The van der Waals surface area contributed by atoms with E-state index in [0.29, 0.717) is 56.5 Å². The second-order valence-corrected chi connectivity index (χ2v) is 10.7. The molecule has 0 spiro atoms. The highest BCUT2D eigenvalue weighted by Gasteiger charge is 2.33. The lowest BCUT2D eigenvalue weighted by atomic mass is 9.94. The molecule has 0 unspecified atom stereocenters. The molecule has 0 saturated carbocycles. The largest absolute Gasteiger partial charge is 0.493 e. The summed E-state index contributed by atoms with van der Waals surface area (Å²) in [5.41, 5.74) is 1.74. The van der Waals surface area contributed by atoms with Crippen molar-refractivity contribution in [3.63, 3.8) is 0 Å². The van der Waals surface area contributed by atoms with Crippen molar-refractivity contribution in [2.24, 2.45) is 5.92 Å². The van der Waals surface area contributed by atoms with E-state index in [0.717, 1.165) is 25.8 Å². The maximum Gasteiger partial charge on any atom is 0.409 e. The fraction of sp³-hybridized carbons (Fsp3) is 0.562. The Morgan fingerprint density at radius 1 is 1.02 bits per heavy atom. The molecule has 10 heteroatoms. The molecule has 1 saturated heterocycles. The molecule has 0 radical (unpaired) electrons. The molecule has 1 heterocycles. The Morgan fingerprint density at radius 2 is 1.79 bits per heavy atom. The van der Waals surface area contributed by atoms with Crippen LogP contribution in [0.3, 0.4) is 0 Å². The van der Waals surface area contributed by atoms with Crippen molar-refractivity contribution in [2.45, 2.75) is 52.1 Å². The molecule has 1 N–H and O–H groups in total. The fourth-order valence-corrected chi connectivity index (χ4v) is 5.19. The minimum Gasteiger partial charge on any atom is -0.493 e. The molecule has 1 aliphatic heterocycles. The zero-order chi connectivity index (χ0) is 29.6. The molecule has 0 bridgehead atoms. The molecule has 2 amide bonds. The summed E-state index contributed by atoms with van der Waals surface area (Å²) in [4.78, 5) is 30.3. The van der Waals surface area contributed by atoms with Crippen LogP contribution in [0.2, 0.25) is 0 Å². The molecule has 3 rings (SSSR count). The lowest BCUT2D eigenvalue weighted by molar-refractivity contribution is 0.0442. The van der Waals surface area contributed by atoms with Gasteiger partial charge in [0.1, 0.15) is 0 Å². The Bertz CT molecular complexity index is 1090. The molecule has 2 aromatic rings. The second-order valence-electron chi connectivity index (χ2n) is 10.7. The van der Waals surface area contributed by atoms with Crippen LogP contribution in [0, 0.1) is 5.92 Å². The summed E-state index contributed by atoms with van der Waals surface area (Å²) in [6.07, 6.45) is 1.97. The minimum absolute atomic E-state index is 0. The van der Waals surface area contributed by atoms with Gasteiger partial charge in [0, 0.05) is 69.9 Å². The number of carbonyl (C=O) groups is 2. The minimum atomic E-state index is -0.293. The average molecular weight is 606 g/mol. The van der Waals surface area contributed by atoms with E-state index in [1.54, 1.807) is 37.3 Å². The van der Waals surface area contributed by atoms with Crippen LogP contribution in [0.4, 0.5) is 4.79 Å². The van der Waals surface area contributed by atoms with Crippen LogP contribution in [-0.4, -0.2) is 94.1 Å². The first kappa shape index (κ1) is 35.2. The van der Waals surface area contributed by atoms with Crippen LogP contribution in [0.5, 0.6) is 11.5 Å². The predicted molar refractivity (Wildman–Crippen MR) is 167 cm³/mol. The summed E-state index contributed by atoms with van der Waals surface area (Å²) in [5.74, 6) is 1.17. The zero-order valence-electron chi connectivity index (χ0n) is 25.7. The number of amides is 2. The summed E-state index contributed by atoms with van der Waals surface area (Å²) in [7, 11) is 3.24. The molecular formula is C32H48ClN3O6. The zero-order valence-corrected chi connectivity index (χ0v) is 26.5. The Kier molecular flexibility index (Phi) is 15.5. The Hall–Kier alpha value is -3.01. The van der Waals surface area contributed by atoms with Gasteiger partial charge in [-0.25, -0.2) is 4.79 Å². The molecule has 0 aromatic heterocycles. The van der Waals surface area contributed by atoms with Gasteiger partial charge in [0.25, 0.3) is 5.91 Å². The lowest BCUT2D eigenvalue weighted by Gasteiger charge is -2.40. The summed E-state index contributed by atoms with van der Waals surface area (Å²) >= 11 is 0. The number of nitrogens with one attached hydrogen (secondary N) is 1. The SMILES string of the molecule is CCN(CCc1ccccc1)C(=O)OC[C@@H]1CNC[C@H](N(C(=O)c2ccc(OC)c(OCCCOC)c2)C(C)C)C1.Cl. The number of nitrogens with zero attached hydrogens (tertiary/aromatic N) is 2. The van der Waals surface area contributed by atoms with Crippen LogP contribution in [0.15, 0.2) is 48.5 Å². The highest BCUT2D eigenvalue weighted by atomic mass is 35.5. The summed E-state index contributed by atoms with van der Waals surface area (Å²) in [6, 6.07) is 15.4. The highest BCUT2D eigenvalue weighted by molar-refractivity contribution is 5.95. The van der Waals surface area contributed by atoms with Crippen molar-refractivity contribution in [3.8, 4) is 11.5 Å². The predicted octanol–water partition coefficient (Wildman–Crippen LogP) is 5.06. The molecule has 1 aliphatic rings. The average Bonchev–Trinajstić information content (AvgIpc) is 2.99. The summed E-state index contributed by atoms with van der Waals surface area (Å²) in [5, 5.41) is 3.45. The standard InChI is InChI=1S/C32H47N3O6.ClH/c1-6-34(16-15-25-11-8-7-9-12-25)32(37)41-23-26-19-28(22-33-21-26)35(24(2)3)31(36)27-13-14-29(39-5)30(20-27)40-18-10-17-38-4;/h7-9,11-14,20,24,26,28,33H,6,10,15-19,21-23H2,1-5H3;1H/t26-,28+;/m0./s1. The summed E-state index contributed by atoms with van der Waals surface area (Å²) < 4.78 is 22.2. The van der Waals surface area contributed by atoms with Crippen LogP contribution >= 0.6 is 12.4 Å². The van der Waals surface area contributed by atoms with Gasteiger partial charge in [-0.2, -0.15) is 0 Å². The number of halogens is 1. The Labute approximate surface area is 257 Å². The molecule has 234 valence electrons. The van der Waals surface area contributed by atoms with Crippen LogP contribution < -0.4 is 14.8 Å². The normalized spacial score (nSPS) is 16.3. The van der Waals surface area contributed by atoms with Gasteiger partial charge < -0.3 is 34.1 Å². The summed E-state index contributed by atoms with van der Waals surface area (Å²) in [6.45, 7) is 10.0. The fourth-order valence-electron chi connectivity index (χ4n) is 5.19.